The van der Waals surface area contributed by atoms with Crippen LogP contribution in [0.5, 0.6) is 0 Å². The van der Waals surface area contributed by atoms with Gasteiger partial charge in [-0.25, -0.2) is 0 Å². The molecule has 0 nitrogen and oxygen atoms in total. The molecule has 0 heterocycles. The molecule has 2 aromatic carbocycles. The number of hydrogen-bond acceptors (Lipinski definition) is 0. The van der Waals surface area contributed by atoms with Gasteiger partial charge in [0.15, 0.2) is 0 Å². The predicted octanol–water partition coefficient (Wildman–Crippen LogP) is 5.09. The van der Waals surface area contributed by atoms with Crippen molar-refractivity contribution in [3.63, 3.8) is 0 Å². The summed E-state index contributed by atoms with van der Waals surface area (Å²) in [4.78, 5) is 0. The maximum Gasteiger partial charge on any atom is -0.0109 e. The Bertz CT molecular complexity index is 530. The average Bonchev–Trinajstić information content (AvgIpc) is 2.39. The number of aryl methyl sites for hydroxylation is 1. The van der Waals surface area contributed by atoms with Crippen molar-refractivity contribution in [3.8, 4) is 11.1 Å². The van der Waals surface area contributed by atoms with Crippen LogP contribution in [0.3, 0.4) is 0 Å². The van der Waals surface area contributed by atoms with E-state index in [0.717, 1.165) is 0 Å². The van der Waals surface area contributed by atoms with Crippen LogP contribution in [-0.2, 0) is 0 Å². The number of hydrogen-bond donors (Lipinski definition) is 0. The highest BCUT2D eigenvalue weighted by atomic mass is 14.1. The van der Waals surface area contributed by atoms with Crippen LogP contribution in [0, 0.1) is 6.92 Å². The summed E-state index contributed by atoms with van der Waals surface area (Å²) < 4.78 is 0. The zero-order valence-electron chi connectivity index (χ0n) is 10.7. The van der Waals surface area contributed by atoms with Gasteiger partial charge >= 0.3 is 0 Å². The van der Waals surface area contributed by atoms with Gasteiger partial charge in [-0.05, 0) is 43.0 Å². The molecule has 0 heteroatoms. The smallest absolute Gasteiger partial charge is 0.0109 e. The molecule has 0 fully saturated rings. The van der Waals surface area contributed by atoms with Crippen molar-refractivity contribution in [2.75, 3.05) is 0 Å². The zero-order chi connectivity index (χ0) is 12.3. The van der Waals surface area contributed by atoms with E-state index in [-0.39, 0.29) is 0 Å². The lowest BCUT2D eigenvalue weighted by Gasteiger charge is -2.10. The summed E-state index contributed by atoms with van der Waals surface area (Å²) in [5.74, 6) is 0. The first-order chi connectivity index (χ1) is 8.22. The molecule has 17 heavy (non-hydrogen) atoms. The lowest BCUT2D eigenvalue weighted by molar-refractivity contribution is 1.46. The van der Waals surface area contributed by atoms with Gasteiger partial charge in [0.2, 0.25) is 0 Å². The first-order valence-electron chi connectivity index (χ1n) is 6.01. The number of allylic oxidation sites excluding steroid dienone is 2. The molecular formula is C17H18. The SMILES string of the molecule is CC=C(C)c1ccccc1-c1ccc(C)cc1. The molecule has 0 aliphatic rings. The highest BCUT2D eigenvalue weighted by molar-refractivity contribution is 5.80. The molecule has 0 unspecified atom stereocenters. The van der Waals surface area contributed by atoms with Crippen molar-refractivity contribution in [1.29, 1.82) is 0 Å². The van der Waals surface area contributed by atoms with Gasteiger partial charge in [0.05, 0.1) is 0 Å². The van der Waals surface area contributed by atoms with Crippen LogP contribution in [0.1, 0.15) is 25.0 Å². The van der Waals surface area contributed by atoms with E-state index in [4.69, 9.17) is 0 Å². The fraction of sp³-hybridized carbons (Fsp3) is 0.176. The number of rotatable bonds is 2. The molecule has 0 spiro atoms. The summed E-state index contributed by atoms with van der Waals surface area (Å²) >= 11 is 0. The molecule has 2 aromatic rings. The Balaban J connectivity index is 2.55. The summed E-state index contributed by atoms with van der Waals surface area (Å²) in [6, 6.07) is 17.3. The highest BCUT2D eigenvalue weighted by Gasteiger charge is 2.04. The molecule has 0 aliphatic heterocycles. The molecule has 0 amide bonds. The Morgan fingerprint density at radius 1 is 0.941 bits per heavy atom. The quantitative estimate of drug-likeness (QED) is 0.664. The third-order valence-corrected chi connectivity index (χ3v) is 3.15. The minimum Gasteiger partial charge on any atom is -0.0841 e. The van der Waals surface area contributed by atoms with Gasteiger partial charge in [-0.15, -0.1) is 0 Å². The van der Waals surface area contributed by atoms with E-state index in [9.17, 15) is 0 Å². The van der Waals surface area contributed by atoms with E-state index in [2.05, 4.69) is 75.4 Å². The van der Waals surface area contributed by atoms with Gasteiger partial charge in [0, 0.05) is 0 Å². The van der Waals surface area contributed by atoms with Crippen molar-refractivity contribution in [3.05, 3.63) is 65.7 Å². The standard InChI is InChI=1S/C17H18/c1-4-14(3)16-7-5-6-8-17(16)15-11-9-13(2)10-12-15/h4-12H,1-3H3. The van der Waals surface area contributed by atoms with Crippen LogP contribution in [0.15, 0.2) is 54.6 Å². The minimum atomic E-state index is 1.28. The van der Waals surface area contributed by atoms with Gasteiger partial charge in [0.25, 0.3) is 0 Å². The monoisotopic (exact) mass is 222 g/mol. The Kier molecular flexibility index (Phi) is 3.43. The Labute approximate surface area is 104 Å². The third-order valence-electron chi connectivity index (χ3n) is 3.15. The maximum absolute atomic E-state index is 2.19. The van der Waals surface area contributed by atoms with Crippen LogP contribution in [0.4, 0.5) is 0 Å². The summed E-state index contributed by atoms with van der Waals surface area (Å²) in [6.45, 7) is 6.36. The first kappa shape index (κ1) is 11.7. The molecule has 0 aliphatic carbocycles. The van der Waals surface area contributed by atoms with Gasteiger partial charge in [-0.1, -0.05) is 60.2 Å². The van der Waals surface area contributed by atoms with Crippen LogP contribution < -0.4 is 0 Å². The third kappa shape index (κ3) is 2.47. The molecule has 0 aromatic heterocycles. The Morgan fingerprint density at radius 2 is 1.59 bits per heavy atom. The minimum absolute atomic E-state index is 1.28. The van der Waals surface area contributed by atoms with E-state index in [1.165, 1.54) is 27.8 Å². The lowest BCUT2D eigenvalue weighted by Crippen LogP contribution is -1.86. The topological polar surface area (TPSA) is 0 Å². The van der Waals surface area contributed by atoms with Crippen LogP contribution in [-0.4, -0.2) is 0 Å². The molecule has 86 valence electrons. The first-order valence-corrected chi connectivity index (χ1v) is 6.01. The van der Waals surface area contributed by atoms with Gasteiger partial charge in [-0.2, -0.15) is 0 Å². The van der Waals surface area contributed by atoms with Crippen LogP contribution in [0.25, 0.3) is 16.7 Å². The molecule has 0 bridgehead atoms. The molecule has 0 radical (unpaired) electrons. The molecule has 2 rings (SSSR count). The lowest BCUT2D eigenvalue weighted by atomic mass is 9.95. The predicted molar refractivity (Wildman–Crippen MR) is 75.9 cm³/mol. The largest absolute Gasteiger partial charge is 0.0841 e. The fourth-order valence-corrected chi connectivity index (χ4v) is 1.97. The second kappa shape index (κ2) is 5.01. The number of benzene rings is 2. The Hall–Kier alpha value is -1.82. The van der Waals surface area contributed by atoms with Crippen molar-refractivity contribution in [2.45, 2.75) is 20.8 Å². The average molecular weight is 222 g/mol. The molecule has 0 atom stereocenters. The van der Waals surface area contributed by atoms with Crippen molar-refractivity contribution >= 4 is 5.57 Å². The van der Waals surface area contributed by atoms with E-state index < -0.39 is 0 Å². The highest BCUT2D eigenvalue weighted by Crippen LogP contribution is 2.28. The molecular weight excluding hydrogens is 204 g/mol. The molecule has 0 saturated heterocycles. The van der Waals surface area contributed by atoms with Gasteiger partial charge in [0.1, 0.15) is 0 Å². The second-order valence-electron chi connectivity index (χ2n) is 4.38. The Morgan fingerprint density at radius 3 is 2.24 bits per heavy atom. The van der Waals surface area contributed by atoms with Crippen molar-refractivity contribution < 1.29 is 0 Å². The fourth-order valence-electron chi connectivity index (χ4n) is 1.97. The molecule has 0 N–H and O–H groups in total. The summed E-state index contributed by atoms with van der Waals surface area (Å²) in [5, 5.41) is 0. The van der Waals surface area contributed by atoms with E-state index in [0.29, 0.717) is 0 Å². The van der Waals surface area contributed by atoms with E-state index in [1.54, 1.807) is 0 Å². The van der Waals surface area contributed by atoms with Crippen molar-refractivity contribution in [2.24, 2.45) is 0 Å². The summed E-state index contributed by atoms with van der Waals surface area (Å²) in [6.07, 6.45) is 2.16. The van der Waals surface area contributed by atoms with Gasteiger partial charge in [-0.3, -0.25) is 0 Å². The summed E-state index contributed by atoms with van der Waals surface area (Å²) in [7, 11) is 0. The zero-order valence-corrected chi connectivity index (χ0v) is 10.7. The normalized spacial score (nSPS) is 11.6. The maximum atomic E-state index is 2.19. The van der Waals surface area contributed by atoms with E-state index >= 15 is 0 Å². The van der Waals surface area contributed by atoms with Crippen molar-refractivity contribution in [1.82, 2.24) is 0 Å². The van der Waals surface area contributed by atoms with E-state index in [1.807, 2.05) is 0 Å². The van der Waals surface area contributed by atoms with Crippen LogP contribution in [0.2, 0.25) is 0 Å². The molecule has 0 saturated carbocycles. The second-order valence-corrected chi connectivity index (χ2v) is 4.38. The summed E-state index contributed by atoms with van der Waals surface area (Å²) in [5.41, 5.74) is 6.53. The van der Waals surface area contributed by atoms with Crippen LogP contribution >= 0.6 is 0 Å². The van der Waals surface area contributed by atoms with Gasteiger partial charge < -0.3 is 0 Å².